The fourth-order valence-electron chi connectivity index (χ4n) is 2.28. The SMILES string of the molecule is C[C@H](NCC(=O)N1CCN(C)CC1)c1ccc(Cl)cc1. The Hall–Kier alpha value is -1.10. The van der Waals surface area contributed by atoms with Crippen molar-refractivity contribution in [1.29, 1.82) is 0 Å². The first kappa shape index (κ1) is 15.3. The second-order valence-electron chi connectivity index (χ2n) is 5.34. The van der Waals surface area contributed by atoms with E-state index >= 15 is 0 Å². The minimum atomic E-state index is 0.142. The fraction of sp³-hybridized carbons (Fsp3) is 0.533. The van der Waals surface area contributed by atoms with Crippen molar-refractivity contribution in [2.45, 2.75) is 13.0 Å². The summed E-state index contributed by atoms with van der Waals surface area (Å²) < 4.78 is 0. The number of rotatable bonds is 4. The van der Waals surface area contributed by atoms with Crippen molar-refractivity contribution in [1.82, 2.24) is 15.1 Å². The van der Waals surface area contributed by atoms with E-state index in [-0.39, 0.29) is 11.9 Å². The number of carbonyl (C=O) groups is 1. The Bertz CT molecular complexity index is 441. The third kappa shape index (κ3) is 4.20. The molecule has 1 aliphatic heterocycles. The minimum absolute atomic E-state index is 0.142. The molecular weight excluding hydrogens is 274 g/mol. The molecule has 0 radical (unpaired) electrons. The molecule has 0 unspecified atom stereocenters. The first-order valence-electron chi connectivity index (χ1n) is 7.01. The number of nitrogens with one attached hydrogen (secondary N) is 1. The number of carbonyl (C=O) groups excluding carboxylic acids is 1. The van der Waals surface area contributed by atoms with E-state index in [1.54, 1.807) is 0 Å². The van der Waals surface area contributed by atoms with E-state index < -0.39 is 0 Å². The fourth-order valence-corrected chi connectivity index (χ4v) is 2.40. The number of benzene rings is 1. The van der Waals surface area contributed by atoms with Gasteiger partial charge in [-0.25, -0.2) is 0 Å². The molecule has 0 spiro atoms. The number of nitrogens with zero attached hydrogens (tertiary/aromatic N) is 2. The second kappa shape index (κ2) is 7.07. The lowest BCUT2D eigenvalue weighted by Crippen LogP contribution is -2.49. The average molecular weight is 296 g/mol. The maximum absolute atomic E-state index is 12.1. The summed E-state index contributed by atoms with van der Waals surface area (Å²) in [6.07, 6.45) is 0. The molecule has 1 amide bonds. The smallest absolute Gasteiger partial charge is 0.236 e. The molecule has 20 heavy (non-hydrogen) atoms. The first-order chi connectivity index (χ1) is 9.56. The molecule has 1 fully saturated rings. The molecule has 0 bridgehead atoms. The molecule has 1 heterocycles. The van der Waals surface area contributed by atoms with E-state index in [9.17, 15) is 4.79 Å². The van der Waals surface area contributed by atoms with Gasteiger partial charge in [0.2, 0.25) is 5.91 Å². The summed E-state index contributed by atoms with van der Waals surface area (Å²) >= 11 is 5.87. The molecule has 0 aromatic heterocycles. The molecule has 1 N–H and O–H groups in total. The van der Waals surface area contributed by atoms with E-state index in [0.717, 1.165) is 36.8 Å². The summed E-state index contributed by atoms with van der Waals surface area (Å²) in [5.74, 6) is 0.180. The molecule has 1 aromatic carbocycles. The van der Waals surface area contributed by atoms with Crippen LogP contribution in [0, 0.1) is 0 Å². The van der Waals surface area contributed by atoms with E-state index in [1.807, 2.05) is 29.2 Å². The molecule has 5 heteroatoms. The highest BCUT2D eigenvalue weighted by molar-refractivity contribution is 6.30. The van der Waals surface area contributed by atoms with Gasteiger partial charge in [0.25, 0.3) is 0 Å². The number of amides is 1. The number of halogens is 1. The minimum Gasteiger partial charge on any atom is -0.339 e. The predicted octanol–water partition coefficient (Wildman–Crippen LogP) is 1.76. The number of likely N-dealkylation sites (N-methyl/N-ethyl adjacent to an activating group) is 1. The van der Waals surface area contributed by atoms with Crippen molar-refractivity contribution in [2.24, 2.45) is 0 Å². The highest BCUT2D eigenvalue weighted by atomic mass is 35.5. The highest BCUT2D eigenvalue weighted by Gasteiger charge is 2.19. The van der Waals surface area contributed by atoms with Gasteiger partial charge < -0.3 is 15.1 Å². The largest absolute Gasteiger partial charge is 0.339 e. The van der Waals surface area contributed by atoms with Crippen molar-refractivity contribution in [3.63, 3.8) is 0 Å². The van der Waals surface area contributed by atoms with Crippen molar-refractivity contribution in [2.75, 3.05) is 39.8 Å². The van der Waals surface area contributed by atoms with Crippen LogP contribution in [0.25, 0.3) is 0 Å². The molecule has 0 saturated carbocycles. The number of hydrogen-bond acceptors (Lipinski definition) is 3. The summed E-state index contributed by atoms with van der Waals surface area (Å²) in [5.41, 5.74) is 1.14. The zero-order valence-electron chi connectivity index (χ0n) is 12.1. The molecule has 110 valence electrons. The Morgan fingerprint density at radius 2 is 1.85 bits per heavy atom. The normalized spacial score (nSPS) is 18.1. The van der Waals surface area contributed by atoms with Crippen LogP contribution in [0.15, 0.2) is 24.3 Å². The van der Waals surface area contributed by atoms with E-state index in [0.29, 0.717) is 6.54 Å². The van der Waals surface area contributed by atoms with Crippen LogP contribution < -0.4 is 5.32 Å². The van der Waals surface area contributed by atoms with Crippen LogP contribution >= 0.6 is 11.6 Å². The standard InChI is InChI=1S/C15H22ClN3O/c1-12(13-3-5-14(16)6-4-13)17-11-15(20)19-9-7-18(2)8-10-19/h3-6,12,17H,7-11H2,1-2H3/t12-/m0/s1. The Balaban J connectivity index is 1.79. The van der Waals surface area contributed by atoms with Crippen molar-refractivity contribution < 1.29 is 4.79 Å². The van der Waals surface area contributed by atoms with Gasteiger partial charge in [0.05, 0.1) is 6.54 Å². The van der Waals surface area contributed by atoms with Gasteiger partial charge in [0.15, 0.2) is 0 Å². The molecule has 2 rings (SSSR count). The van der Waals surface area contributed by atoms with Crippen molar-refractivity contribution in [3.05, 3.63) is 34.9 Å². The maximum Gasteiger partial charge on any atom is 0.236 e. The molecule has 1 atom stereocenters. The van der Waals surface area contributed by atoms with Crippen LogP contribution in [0.5, 0.6) is 0 Å². The molecule has 1 saturated heterocycles. The van der Waals surface area contributed by atoms with E-state index in [2.05, 4.69) is 24.2 Å². The Kier molecular flexibility index (Phi) is 5.40. The summed E-state index contributed by atoms with van der Waals surface area (Å²) in [7, 11) is 2.09. The van der Waals surface area contributed by atoms with Crippen LogP contribution in [0.1, 0.15) is 18.5 Å². The second-order valence-corrected chi connectivity index (χ2v) is 5.77. The lowest BCUT2D eigenvalue weighted by atomic mass is 10.1. The topological polar surface area (TPSA) is 35.6 Å². The molecule has 1 aliphatic rings. The van der Waals surface area contributed by atoms with Gasteiger partial charge in [-0.1, -0.05) is 23.7 Å². The van der Waals surface area contributed by atoms with Gasteiger partial charge in [-0.05, 0) is 31.7 Å². The van der Waals surface area contributed by atoms with Crippen molar-refractivity contribution in [3.8, 4) is 0 Å². The third-order valence-electron chi connectivity index (χ3n) is 3.79. The summed E-state index contributed by atoms with van der Waals surface area (Å²) in [5, 5.41) is 4.01. The summed E-state index contributed by atoms with van der Waals surface area (Å²) in [4.78, 5) is 16.3. The van der Waals surface area contributed by atoms with Crippen LogP contribution in [0.2, 0.25) is 5.02 Å². The van der Waals surface area contributed by atoms with Gasteiger partial charge in [-0.3, -0.25) is 4.79 Å². The lowest BCUT2D eigenvalue weighted by Gasteiger charge is -2.32. The molecule has 4 nitrogen and oxygen atoms in total. The van der Waals surface area contributed by atoms with Gasteiger partial charge in [0, 0.05) is 37.2 Å². The van der Waals surface area contributed by atoms with Gasteiger partial charge in [-0.15, -0.1) is 0 Å². The van der Waals surface area contributed by atoms with Gasteiger partial charge >= 0.3 is 0 Å². The Morgan fingerprint density at radius 1 is 1.25 bits per heavy atom. The predicted molar refractivity (Wildman–Crippen MR) is 81.9 cm³/mol. The van der Waals surface area contributed by atoms with Crippen molar-refractivity contribution >= 4 is 17.5 Å². The zero-order valence-corrected chi connectivity index (χ0v) is 12.9. The molecular formula is C15H22ClN3O. The summed E-state index contributed by atoms with van der Waals surface area (Å²) in [6, 6.07) is 7.86. The Labute approximate surface area is 125 Å². The average Bonchev–Trinajstić information content (AvgIpc) is 2.46. The third-order valence-corrected chi connectivity index (χ3v) is 4.04. The van der Waals surface area contributed by atoms with Crippen LogP contribution in [-0.4, -0.2) is 55.5 Å². The quantitative estimate of drug-likeness (QED) is 0.919. The van der Waals surface area contributed by atoms with Crippen LogP contribution in [0.4, 0.5) is 0 Å². The zero-order chi connectivity index (χ0) is 14.5. The van der Waals surface area contributed by atoms with E-state index in [4.69, 9.17) is 11.6 Å². The number of hydrogen-bond donors (Lipinski definition) is 1. The number of piperazine rings is 1. The Morgan fingerprint density at radius 3 is 2.45 bits per heavy atom. The first-order valence-corrected chi connectivity index (χ1v) is 7.39. The van der Waals surface area contributed by atoms with Gasteiger partial charge in [0.1, 0.15) is 0 Å². The monoisotopic (exact) mass is 295 g/mol. The lowest BCUT2D eigenvalue weighted by molar-refractivity contribution is -0.131. The maximum atomic E-state index is 12.1. The highest BCUT2D eigenvalue weighted by Crippen LogP contribution is 2.15. The van der Waals surface area contributed by atoms with Crippen LogP contribution in [-0.2, 0) is 4.79 Å². The molecule has 0 aliphatic carbocycles. The van der Waals surface area contributed by atoms with Gasteiger partial charge in [-0.2, -0.15) is 0 Å². The summed E-state index contributed by atoms with van der Waals surface area (Å²) in [6.45, 7) is 6.00. The van der Waals surface area contributed by atoms with Crippen LogP contribution in [0.3, 0.4) is 0 Å². The molecule has 1 aromatic rings. The van der Waals surface area contributed by atoms with E-state index in [1.165, 1.54) is 0 Å².